The summed E-state index contributed by atoms with van der Waals surface area (Å²) in [5.41, 5.74) is 0. The quantitative estimate of drug-likeness (QED) is 0.0199. The summed E-state index contributed by atoms with van der Waals surface area (Å²) >= 11 is 0. The summed E-state index contributed by atoms with van der Waals surface area (Å²) in [6.45, 7) is 6.35. The molecule has 0 rings (SSSR count). The lowest BCUT2D eigenvalue weighted by Gasteiger charge is -2.18. The molecule has 0 aromatic carbocycles. The van der Waals surface area contributed by atoms with Crippen LogP contribution in [0.2, 0.25) is 0 Å². The summed E-state index contributed by atoms with van der Waals surface area (Å²) in [5.74, 6) is -1.10. The average molecular weight is 953 g/mol. The molecule has 0 radical (unpaired) electrons. The maximum Gasteiger partial charge on any atom is 0.306 e. The molecule has 0 aliphatic rings. The van der Waals surface area contributed by atoms with E-state index in [9.17, 15) is 14.4 Å². The SMILES string of the molecule is CC/C=C\C/C=C\C/C=C\C/C=C\C/C=C\CCC(=O)OCC(COC(=O)CCCCCCC/C=C\C=C/CCCCCCCCC)OC(=O)CCC/C=C\C/C=C\C/C=C\C/C=C\CCCCC. The van der Waals surface area contributed by atoms with Crippen LogP contribution in [0.3, 0.4) is 0 Å². The van der Waals surface area contributed by atoms with Gasteiger partial charge in [0.15, 0.2) is 6.10 Å². The minimum absolute atomic E-state index is 0.135. The zero-order valence-electron chi connectivity index (χ0n) is 44.3. The zero-order valence-corrected chi connectivity index (χ0v) is 44.3. The van der Waals surface area contributed by atoms with Gasteiger partial charge in [-0.05, 0) is 116 Å². The number of hydrogen-bond acceptors (Lipinski definition) is 6. The van der Waals surface area contributed by atoms with Crippen molar-refractivity contribution in [2.24, 2.45) is 0 Å². The molecule has 0 spiro atoms. The molecule has 0 heterocycles. The molecule has 0 aliphatic heterocycles. The lowest BCUT2D eigenvalue weighted by molar-refractivity contribution is -0.166. The minimum atomic E-state index is -0.848. The number of rotatable bonds is 48. The van der Waals surface area contributed by atoms with E-state index in [1.807, 2.05) is 12.2 Å². The Morgan fingerprint density at radius 3 is 1.13 bits per heavy atom. The van der Waals surface area contributed by atoms with Gasteiger partial charge < -0.3 is 14.2 Å². The second kappa shape index (κ2) is 56.1. The molecule has 1 unspecified atom stereocenters. The molecule has 0 aromatic heterocycles. The van der Waals surface area contributed by atoms with Gasteiger partial charge in [0, 0.05) is 19.3 Å². The van der Waals surface area contributed by atoms with E-state index in [1.165, 1.54) is 77.0 Å². The molecule has 0 aliphatic carbocycles. The molecule has 0 fully saturated rings. The monoisotopic (exact) mass is 953 g/mol. The smallest absolute Gasteiger partial charge is 0.306 e. The van der Waals surface area contributed by atoms with Crippen LogP contribution < -0.4 is 0 Å². The summed E-state index contributed by atoms with van der Waals surface area (Å²) in [4.78, 5) is 38.1. The van der Waals surface area contributed by atoms with Crippen molar-refractivity contribution >= 4 is 17.9 Å². The highest BCUT2D eigenvalue weighted by molar-refractivity contribution is 5.71. The van der Waals surface area contributed by atoms with Crippen LogP contribution >= 0.6 is 0 Å². The standard InChI is InChI=1S/C63H100O6/c1-4-7-10-13-16-19-22-25-28-31-33-35-38-41-44-47-50-53-56-62(65)68-59-60(58-67-61(64)55-52-49-46-43-40-37-34-30-27-24-21-18-15-12-9-6-3)69-63(66)57-54-51-48-45-42-39-36-32-29-26-23-20-17-14-11-8-5-2/h9,12,17-18,20-21,26-31,33,35-37,39-40,45-46,48-49,60H,4-8,10-11,13-16,19,22-25,32,34,38,41-44,47,50-59H2,1-3H3/b12-9-,20-17-,21-18-,29-26-,30-27-,31-28-,35-33-,39-36-,40-37-,48-45-,49-46-. The minimum Gasteiger partial charge on any atom is -0.462 e. The van der Waals surface area contributed by atoms with Crippen LogP contribution in [0.4, 0.5) is 0 Å². The molecular weight excluding hydrogens is 853 g/mol. The third-order valence-corrected chi connectivity index (χ3v) is 11.1. The van der Waals surface area contributed by atoms with E-state index in [0.717, 1.165) is 96.3 Å². The molecule has 388 valence electrons. The largest absolute Gasteiger partial charge is 0.462 e. The van der Waals surface area contributed by atoms with Crippen molar-refractivity contribution < 1.29 is 28.6 Å². The highest BCUT2D eigenvalue weighted by Crippen LogP contribution is 2.12. The third-order valence-electron chi connectivity index (χ3n) is 11.1. The number of esters is 3. The summed E-state index contributed by atoms with van der Waals surface area (Å²) in [7, 11) is 0. The first-order valence-corrected chi connectivity index (χ1v) is 27.7. The van der Waals surface area contributed by atoms with Gasteiger partial charge in [0.05, 0.1) is 0 Å². The highest BCUT2D eigenvalue weighted by Gasteiger charge is 2.19. The van der Waals surface area contributed by atoms with Crippen LogP contribution in [0.1, 0.15) is 226 Å². The molecule has 0 saturated carbocycles. The van der Waals surface area contributed by atoms with Gasteiger partial charge in [0.1, 0.15) is 13.2 Å². The van der Waals surface area contributed by atoms with Gasteiger partial charge >= 0.3 is 17.9 Å². The Hall–Kier alpha value is -4.45. The van der Waals surface area contributed by atoms with E-state index >= 15 is 0 Å². The molecule has 6 heteroatoms. The summed E-state index contributed by atoms with van der Waals surface area (Å²) < 4.78 is 16.7. The van der Waals surface area contributed by atoms with Crippen molar-refractivity contribution in [1.29, 1.82) is 0 Å². The lowest BCUT2D eigenvalue weighted by atomic mass is 10.1. The van der Waals surface area contributed by atoms with E-state index in [4.69, 9.17) is 14.2 Å². The predicted molar refractivity (Wildman–Crippen MR) is 297 cm³/mol. The van der Waals surface area contributed by atoms with Gasteiger partial charge in [-0.25, -0.2) is 0 Å². The fourth-order valence-electron chi connectivity index (χ4n) is 7.00. The second-order valence-corrected chi connectivity index (χ2v) is 17.8. The van der Waals surface area contributed by atoms with Crippen LogP contribution in [0.15, 0.2) is 134 Å². The molecule has 0 bridgehead atoms. The van der Waals surface area contributed by atoms with Crippen LogP contribution in [0.25, 0.3) is 0 Å². The Bertz CT molecular complexity index is 1510. The molecule has 0 saturated heterocycles. The molecule has 0 aromatic rings. The lowest BCUT2D eigenvalue weighted by Crippen LogP contribution is -2.30. The molecule has 1 atom stereocenters. The highest BCUT2D eigenvalue weighted by atomic mass is 16.6. The molecule has 69 heavy (non-hydrogen) atoms. The van der Waals surface area contributed by atoms with Crippen LogP contribution in [-0.2, 0) is 28.6 Å². The molecule has 0 amide bonds. The third kappa shape index (κ3) is 54.4. The fraction of sp³-hybridized carbons (Fsp3) is 0.603. The number of hydrogen-bond donors (Lipinski definition) is 0. The molecular formula is C63H100O6. The summed E-state index contributed by atoms with van der Waals surface area (Å²) in [5, 5.41) is 0. The van der Waals surface area contributed by atoms with E-state index < -0.39 is 12.1 Å². The maximum atomic E-state index is 12.8. The number of unbranched alkanes of at least 4 members (excludes halogenated alkanes) is 16. The van der Waals surface area contributed by atoms with E-state index in [0.29, 0.717) is 19.3 Å². The Balaban J connectivity index is 4.62. The Labute approximate surface area is 424 Å². The van der Waals surface area contributed by atoms with E-state index in [-0.39, 0.29) is 38.0 Å². The molecule has 0 N–H and O–H groups in total. The van der Waals surface area contributed by atoms with Crippen LogP contribution in [-0.4, -0.2) is 37.2 Å². The van der Waals surface area contributed by atoms with Gasteiger partial charge in [0.2, 0.25) is 0 Å². The first kappa shape index (κ1) is 64.5. The first-order chi connectivity index (χ1) is 34.0. The Morgan fingerprint density at radius 1 is 0.319 bits per heavy atom. The van der Waals surface area contributed by atoms with Gasteiger partial charge in [-0.2, -0.15) is 0 Å². The average Bonchev–Trinajstić information content (AvgIpc) is 3.35. The zero-order chi connectivity index (χ0) is 50.0. The van der Waals surface area contributed by atoms with Crippen molar-refractivity contribution in [3.63, 3.8) is 0 Å². The van der Waals surface area contributed by atoms with Gasteiger partial charge in [-0.15, -0.1) is 0 Å². The van der Waals surface area contributed by atoms with E-state index in [2.05, 4.69) is 142 Å². The normalized spacial score (nSPS) is 13.1. The number of ether oxygens (including phenoxy) is 3. The Morgan fingerprint density at radius 2 is 0.652 bits per heavy atom. The number of carbonyl (C=O) groups is 3. The second-order valence-electron chi connectivity index (χ2n) is 17.8. The van der Waals surface area contributed by atoms with Gasteiger partial charge in [-0.1, -0.05) is 225 Å². The number of carbonyl (C=O) groups excluding carboxylic acids is 3. The van der Waals surface area contributed by atoms with Crippen molar-refractivity contribution in [1.82, 2.24) is 0 Å². The van der Waals surface area contributed by atoms with Crippen molar-refractivity contribution in [3.05, 3.63) is 134 Å². The van der Waals surface area contributed by atoms with Gasteiger partial charge in [0.25, 0.3) is 0 Å². The van der Waals surface area contributed by atoms with Crippen molar-refractivity contribution in [2.75, 3.05) is 13.2 Å². The fourth-order valence-corrected chi connectivity index (χ4v) is 7.00. The Kier molecular flexibility index (Phi) is 52.5. The van der Waals surface area contributed by atoms with E-state index in [1.54, 1.807) is 0 Å². The predicted octanol–water partition coefficient (Wildman–Crippen LogP) is 18.6. The van der Waals surface area contributed by atoms with Gasteiger partial charge in [-0.3, -0.25) is 14.4 Å². The summed E-state index contributed by atoms with van der Waals surface area (Å²) in [6, 6.07) is 0. The number of allylic oxidation sites excluding steroid dienone is 22. The van der Waals surface area contributed by atoms with Crippen molar-refractivity contribution in [3.8, 4) is 0 Å². The topological polar surface area (TPSA) is 78.9 Å². The maximum absolute atomic E-state index is 12.8. The summed E-state index contributed by atoms with van der Waals surface area (Å²) in [6.07, 6.45) is 78.8. The first-order valence-electron chi connectivity index (χ1n) is 27.7. The van der Waals surface area contributed by atoms with Crippen LogP contribution in [0, 0.1) is 0 Å². The molecule has 6 nitrogen and oxygen atoms in total. The van der Waals surface area contributed by atoms with Crippen molar-refractivity contribution in [2.45, 2.75) is 232 Å². The van der Waals surface area contributed by atoms with Crippen LogP contribution in [0.5, 0.6) is 0 Å².